The van der Waals surface area contributed by atoms with Crippen LogP contribution in [0.25, 0.3) is 5.57 Å². The number of carbonyl (C=O) groups excluding carboxylic acids is 1. The Morgan fingerprint density at radius 3 is 2.81 bits per heavy atom. The van der Waals surface area contributed by atoms with Crippen LogP contribution in [0.15, 0.2) is 54.7 Å². The molecule has 2 aliphatic rings. The Hall–Kier alpha value is -2.77. The summed E-state index contributed by atoms with van der Waals surface area (Å²) in [7, 11) is 0. The molecule has 5 nitrogen and oxygen atoms in total. The topological polar surface area (TPSA) is 44.8 Å². The largest absolute Gasteiger partial charge is 0.376 e. The van der Waals surface area contributed by atoms with E-state index in [4.69, 9.17) is 4.74 Å². The van der Waals surface area contributed by atoms with Crippen molar-refractivity contribution < 1.29 is 18.3 Å². The molecule has 4 rings (SSSR count). The zero-order valence-electron chi connectivity index (χ0n) is 13.9. The molecule has 0 aromatic heterocycles. The number of alkyl halides is 1. The maximum Gasteiger partial charge on any atom is 0.257 e. The molecular formula is C19H17F2N3O2. The van der Waals surface area contributed by atoms with Gasteiger partial charge in [-0.2, -0.15) is 5.01 Å². The minimum Gasteiger partial charge on any atom is -0.376 e. The van der Waals surface area contributed by atoms with E-state index in [1.807, 2.05) is 30.3 Å². The first-order valence-electron chi connectivity index (χ1n) is 8.29. The van der Waals surface area contributed by atoms with Crippen molar-refractivity contribution in [3.63, 3.8) is 0 Å². The van der Waals surface area contributed by atoms with Gasteiger partial charge in [-0.3, -0.25) is 9.80 Å². The predicted molar refractivity (Wildman–Crippen MR) is 94.3 cm³/mol. The van der Waals surface area contributed by atoms with Gasteiger partial charge in [0.2, 0.25) is 0 Å². The summed E-state index contributed by atoms with van der Waals surface area (Å²) in [6.45, 7) is 0.694. The van der Waals surface area contributed by atoms with Crippen LogP contribution in [-0.4, -0.2) is 37.0 Å². The molecule has 1 atom stereocenters. The number of rotatable bonds is 3. The van der Waals surface area contributed by atoms with Crippen molar-refractivity contribution in [1.82, 2.24) is 5.01 Å². The second-order valence-corrected chi connectivity index (χ2v) is 6.04. The van der Waals surface area contributed by atoms with Crippen LogP contribution in [0.4, 0.5) is 20.2 Å². The van der Waals surface area contributed by atoms with Gasteiger partial charge in [-0.05, 0) is 30.3 Å². The van der Waals surface area contributed by atoms with Crippen LogP contribution in [0.3, 0.4) is 0 Å². The van der Waals surface area contributed by atoms with Crippen molar-refractivity contribution in [2.45, 2.75) is 6.30 Å². The number of hydrazine groups is 1. The van der Waals surface area contributed by atoms with Gasteiger partial charge >= 0.3 is 0 Å². The van der Waals surface area contributed by atoms with Gasteiger partial charge in [0, 0.05) is 18.3 Å². The van der Waals surface area contributed by atoms with Crippen LogP contribution < -0.4 is 10.3 Å². The van der Waals surface area contributed by atoms with Crippen LogP contribution in [0, 0.1) is 5.82 Å². The highest BCUT2D eigenvalue weighted by Crippen LogP contribution is 2.34. The first-order valence-corrected chi connectivity index (χ1v) is 8.29. The molecule has 1 saturated heterocycles. The lowest BCUT2D eigenvalue weighted by molar-refractivity contribution is -0.110. The van der Waals surface area contributed by atoms with E-state index in [-0.39, 0.29) is 12.5 Å². The summed E-state index contributed by atoms with van der Waals surface area (Å²) < 4.78 is 33.1. The molecule has 2 aliphatic heterocycles. The molecule has 134 valence electrons. The number of halogens is 2. The summed E-state index contributed by atoms with van der Waals surface area (Å²) in [5, 5.41) is 5.79. The fraction of sp³-hybridized carbons (Fsp3) is 0.211. The SMILES string of the molecule is O=C1Nc2cc(F)ccc2C1=CN(c1ccccc1)N1CCOCC1F. The average Bonchev–Trinajstić information content (AvgIpc) is 2.95. The van der Waals surface area contributed by atoms with Crippen LogP contribution >= 0.6 is 0 Å². The van der Waals surface area contributed by atoms with Crippen LogP contribution in [0.2, 0.25) is 0 Å². The molecule has 7 heteroatoms. The van der Waals surface area contributed by atoms with Crippen molar-refractivity contribution in [3.05, 3.63) is 66.1 Å². The summed E-state index contributed by atoms with van der Waals surface area (Å²) in [5.41, 5.74) is 2.06. The normalized spacial score (nSPS) is 21.5. The lowest BCUT2D eigenvalue weighted by Crippen LogP contribution is -2.51. The zero-order valence-corrected chi connectivity index (χ0v) is 13.9. The van der Waals surface area contributed by atoms with E-state index in [9.17, 15) is 13.6 Å². The van der Waals surface area contributed by atoms with Gasteiger partial charge in [-0.25, -0.2) is 8.78 Å². The van der Waals surface area contributed by atoms with Gasteiger partial charge in [-0.15, -0.1) is 0 Å². The summed E-state index contributed by atoms with van der Waals surface area (Å²) >= 11 is 0. The molecule has 2 heterocycles. The third kappa shape index (κ3) is 3.07. The molecule has 1 N–H and O–H groups in total. The third-order valence-electron chi connectivity index (χ3n) is 4.36. The van der Waals surface area contributed by atoms with Crippen molar-refractivity contribution in [1.29, 1.82) is 0 Å². The Kier molecular flexibility index (Phi) is 4.40. The summed E-state index contributed by atoms with van der Waals surface area (Å²) in [5.74, 6) is -0.780. The average molecular weight is 357 g/mol. The molecule has 0 saturated carbocycles. The Bertz CT molecular complexity index is 857. The van der Waals surface area contributed by atoms with Crippen LogP contribution in [0.1, 0.15) is 5.56 Å². The molecule has 2 aromatic rings. The van der Waals surface area contributed by atoms with Crippen molar-refractivity contribution in [2.75, 3.05) is 30.1 Å². The molecule has 0 bridgehead atoms. The highest BCUT2D eigenvalue weighted by atomic mass is 19.1. The monoisotopic (exact) mass is 357 g/mol. The van der Waals surface area contributed by atoms with Crippen LogP contribution in [-0.2, 0) is 9.53 Å². The molecule has 0 spiro atoms. The van der Waals surface area contributed by atoms with E-state index in [0.717, 1.165) is 0 Å². The Morgan fingerprint density at radius 1 is 1.23 bits per heavy atom. The number of benzene rings is 2. The lowest BCUT2D eigenvalue weighted by atomic mass is 10.1. The number of hydrogen-bond acceptors (Lipinski definition) is 4. The maximum atomic E-state index is 14.5. The highest BCUT2D eigenvalue weighted by molar-refractivity contribution is 6.31. The molecule has 0 aliphatic carbocycles. The number of nitrogens with zero attached hydrogens (tertiary/aromatic N) is 2. The fourth-order valence-electron chi connectivity index (χ4n) is 3.10. The van der Waals surface area contributed by atoms with Gasteiger partial charge in [0.25, 0.3) is 5.91 Å². The van der Waals surface area contributed by atoms with Crippen LogP contribution in [0.5, 0.6) is 0 Å². The molecule has 2 aromatic carbocycles. The van der Waals surface area contributed by atoms with E-state index in [2.05, 4.69) is 5.32 Å². The number of para-hydroxylation sites is 1. The van der Waals surface area contributed by atoms with Gasteiger partial charge in [0.05, 0.1) is 30.2 Å². The second kappa shape index (κ2) is 6.86. The number of anilines is 2. The van der Waals surface area contributed by atoms with Gasteiger partial charge < -0.3 is 10.1 Å². The minimum absolute atomic E-state index is 0.0412. The molecule has 1 unspecified atom stereocenters. The summed E-state index contributed by atoms with van der Waals surface area (Å²) in [6.07, 6.45) is 0.254. The smallest absolute Gasteiger partial charge is 0.257 e. The van der Waals surface area contributed by atoms with E-state index >= 15 is 0 Å². The van der Waals surface area contributed by atoms with Gasteiger partial charge in [0.15, 0.2) is 6.30 Å². The Morgan fingerprint density at radius 2 is 2.04 bits per heavy atom. The number of amides is 1. The molecule has 1 fully saturated rings. The summed E-state index contributed by atoms with van der Waals surface area (Å²) in [4.78, 5) is 12.4. The fourth-order valence-corrected chi connectivity index (χ4v) is 3.10. The van der Waals surface area contributed by atoms with E-state index in [1.54, 1.807) is 17.3 Å². The van der Waals surface area contributed by atoms with Crippen molar-refractivity contribution >= 4 is 22.9 Å². The zero-order chi connectivity index (χ0) is 18.1. The quantitative estimate of drug-likeness (QED) is 0.677. The lowest BCUT2D eigenvalue weighted by Gasteiger charge is -2.39. The Balaban J connectivity index is 1.78. The number of nitrogens with one attached hydrogen (secondary N) is 1. The minimum atomic E-state index is -1.34. The van der Waals surface area contributed by atoms with Gasteiger partial charge in [0.1, 0.15) is 5.82 Å². The highest BCUT2D eigenvalue weighted by Gasteiger charge is 2.31. The molecule has 0 radical (unpaired) electrons. The number of ether oxygens (including phenoxy) is 1. The number of fused-ring (bicyclic) bond motifs is 1. The molecular weight excluding hydrogens is 340 g/mol. The second-order valence-electron chi connectivity index (χ2n) is 6.04. The Labute approximate surface area is 149 Å². The first-order chi connectivity index (χ1) is 12.6. The number of morpholine rings is 1. The first kappa shape index (κ1) is 16.7. The van der Waals surface area contributed by atoms with E-state index in [1.165, 1.54) is 17.1 Å². The van der Waals surface area contributed by atoms with Gasteiger partial charge in [-0.1, -0.05) is 18.2 Å². The predicted octanol–water partition coefficient (Wildman–Crippen LogP) is 3.17. The summed E-state index contributed by atoms with van der Waals surface area (Å²) in [6, 6.07) is 13.3. The van der Waals surface area contributed by atoms with Crippen molar-refractivity contribution in [3.8, 4) is 0 Å². The maximum absolute atomic E-state index is 14.5. The van der Waals surface area contributed by atoms with E-state index < -0.39 is 12.1 Å². The third-order valence-corrected chi connectivity index (χ3v) is 4.36. The van der Waals surface area contributed by atoms with E-state index in [0.29, 0.717) is 35.7 Å². The molecule has 1 amide bonds. The number of carbonyl (C=O) groups is 1. The molecule has 26 heavy (non-hydrogen) atoms. The standard InChI is InChI=1S/C19H17F2N3O2/c20-13-6-7-15-16(19(25)22-17(15)10-13)11-24(14-4-2-1-3-5-14)23-8-9-26-12-18(23)21/h1-7,10-11,18H,8-9,12H2,(H,22,25). The van der Waals surface area contributed by atoms with Crippen molar-refractivity contribution in [2.24, 2.45) is 0 Å². The number of hydrogen-bond donors (Lipinski definition) is 1.